The molecule has 1 amide bonds. The molecule has 1 saturated heterocycles. The summed E-state index contributed by atoms with van der Waals surface area (Å²) in [5.41, 5.74) is 8.16. The molecule has 1 aliphatic rings. The standard InChI is InChI=1S/C14H24N4O/c1-5-18-12(11(15)10(2)16-18)13(19)17-8-6-14(3,4)7-9-17/h5-9,15H2,1-4H3. The van der Waals surface area contributed by atoms with E-state index in [0.29, 0.717) is 23.3 Å². The second-order valence-electron chi connectivity index (χ2n) is 6.12. The van der Waals surface area contributed by atoms with Gasteiger partial charge in [0.05, 0.1) is 11.4 Å². The fraction of sp³-hybridized carbons (Fsp3) is 0.714. The first-order chi connectivity index (χ1) is 8.85. The molecule has 1 aromatic rings. The van der Waals surface area contributed by atoms with Crippen LogP contribution >= 0.6 is 0 Å². The predicted octanol–water partition coefficient (Wildman–Crippen LogP) is 2.06. The van der Waals surface area contributed by atoms with E-state index in [9.17, 15) is 4.79 Å². The number of aromatic nitrogens is 2. The second-order valence-corrected chi connectivity index (χ2v) is 6.12. The predicted molar refractivity (Wildman–Crippen MR) is 76.0 cm³/mol. The van der Waals surface area contributed by atoms with E-state index in [0.717, 1.165) is 31.6 Å². The Balaban J connectivity index is 2.21. The smallest absolute Gasteiger partial charge is 0.274 e. The molecule has 106 valence electrons. The van der Waals surface area contributed by atoms with Gasteiger partial charge in [-0.05, 0) is 32.1 Å². The second kappa shape index (κ2) is 4.87. The molecule has 5 heteroatoms. The number of nitrogens with two attached hydrogens (primary N) is 1. The Morgan fingerprint density at radius 3 is 2.47 bits per heavy atom. The normalized spacial score (nSPS) is 18.6. The number of carbonyl (C=O) groups excluding carboxylic acids is 1. The van der Waals surface area contributed by atoms with Crippen molar-refractivity contribution in [2.75, 3.05) is 18.8 Å². The van der Waals surface area contributed by atoms with E-state index in [2.05, 4.69) is 18.9 Å². The van der Waals surface area contributed by atoms with E-state index in [1.165, 1.54) is 0 Å². The van der Waals surface area contributed by atoms with Crippen molar-refractivity contribution in [2.24, 2.45) is 5.41 Å². The van der Waals surface area contributed by atoms with Crippen LogP contribution in [0.25, 0.3) is 0 Å². The molecule has 0 bridgehead atoms. The van der Waals surface area contributed by atoms with Crippen molar-refractivity contribution in [1.29, 1.82) is 0 Å². The zero-order valence-electron chi connectivity index (χ0n) is 12.4. The number of nitrogens with zero attached hydrogens (tertiary/aromatic N) is 3. The van der Waals surface area contributed by atoms with Gasteiger partial charge in [0, 0.05) is 19.6 Å². The van der Waals surface area contributed by atoms with Crippen LogP contribution < -0.4 is 5.73 Å². The maximum absolute atomic E-state index is 12.6. The van der Waals surface area contributed by atoms with Crippen LogP contribution in [-0.2, 0) is 6.54 Å². The van der Waals surface area contributed by atoms with Gasteiger partial charge in [0.2, 0.25) is 0 Å². The van der Waals surface area contributed by atoms with Gasteiger partial charge in [-0.25, -0.2) is 0 Å². The summed E-state index contributed by atoms with van der Waals surface area (Å²) in [7, 11) is 0. The van der Waals surface area contributed by atoms with Gasteiger partial charge in [0.1, 0.15) is 5.69 Å². The minimum Gasteiger partial charge on any atom is -0.395 e. The van der Waals surface area contributed by atoms with Gasteiger partial charge in [0.15, 0.2) is 0 Å². The molecule has 0 aliphatic carbocycles. The number of nitrogen functional groups attached to an aromatic ring is 1. The van der Waals surface area contributed by atoms with Crippen LogP contribution in [0.15, 0.2) is 0 Å². The van der Waals surface area contributed by atoms with Crippen molar-refractivity contribution in [1.82, 2.24) is 14.7 Å². The van der Waals surface area contributed by atoms with E-state index < -0.39 is 0 Å². The van der Waals surface area contributed by atoms with Gasteiger partial charge in [-0.1, -0.05) is 13.8 Å². The average molecular weight is 264 g/mol. The highest BCUT2D eigenvalue weighted by Crippen LogP contribution is 2.31. The SMILES string of the molecule is CCn1nc(C)c(N)c1C(=O)N1CCC(C)(C)CC1. The summed E-state index contributed by atoms with van der Waals surface area (Å²) >= 11 is 0. The summed E-state index contributed by atoms with van der Waals surface area (Å²) in [5, 5.41) is 4.32. The lowest BCUT2D eigenvalue weighted by atomic mass is 9.82. The van der Waals surface area contributed by atoms with Crippen molar-refractivity contribution in [3.63, 3.8) is 0 Å². The molecule has 0 aromatic carbocycles. The molecule has 0 spiro atoms. The molecule has 5 nitrogen and oxygen atoms in total. The van der Waals surface area contributed by atoms with Crippen LogP contribution in [0, 0.1) is 12.3 Å². The first-order valence-electron chi connectivity index (χ1n) is 6.98. The first kappa shape index (κ1) is 13.9. The third kappa shape index (κ3) is 2.60. The Bertz CT molecular complexity index is 480. The van der Waals surface area contributed by atoms with Gasteiger partial charge < -0.3 is 10.6 Å². The molecule has 2 N–H and O–H groups in total. The van der Waals surface area contributed by atoms with Crippen LogP contribution in [0.4, 0.5) is 5.69 Å². The number of piperidine rings is 1. The minimum atomic E-state index is 0.0236. The summed E-state index contributed by atoms with van der Waals surface area (Å²) in [6.45, 7) is 10.6. The van der Waals surface area contributed by atoms with Crippen molar-refractivity contribution >= 4 is 11.6 Å². The molecule has 1 aliphatic heterocycles. The number of likely N-dealkylation sites (tertiary alicyclic amines) is 1. The number of carbonyl (C=O) groups is 1. The van der Waals surface area contributed by atoms with Gasteiger partial charge in [-0.3, -0.25) is 9.48 Å². The summed E-state index contributed by atoms with van der Waals surface area (Å²) in [5.74, 6) is 0.0236. The van der Waals surface area contributed by atoms with Gasteiger partial charge in [-0.15, -0.1) is 0 Å². The molecule has 0 saturated carbocycles. The van der Waals surface area contributed by atoms with Crippen LogP contribution in [0.2, 0.25) is 0 Å². The highest BCUT2D eigenvalue weighted by atomic mass is 16.2. The molecular formula is C14H24N4O. The summed E-state index contributed by atoms with van der Waals surface area (Å²) in [6.07, 6.45) is 2.08. The highest BCUT2D eigenvalue weighted by molar-refractivity contribution is 5.98. The van der Waals surface area contributed by atoms with Crippen LogP contribution in [0.1, 0.15) is 49.8 Å². The molecule has 0 atom stereocenters. The van der Waals surface area contributed by atoms with E-state index >= 15 is 0 Å². The van der Waals surface area contributed by atoms with Gasteiger partial charge >= 0.3 is 0 Å². The third-order valence-electron chi connectivity index (χ3n) is 4.08. The number of rotatable bonds is 2. The average Bonchev–Trinajstić information content (AvgIpc) is 2.64. The molecule has 2 heterocycles. The highest BCUT2D eigenvalue weighted by Gasteiger charge is 2.31. The lowest BCUT2D eigenvalue weighted by molar-refractivity contribution is 0.0619. The van der Waals surface area contributed by atoms with Crippen molar-refractivity contribution < 1.29 is 4.79 Å². The number of hydrogen-bond acceptors (Lipinski definition) is 3. The topological polar surface area (TPSA) is 64.2 Å². The van der Waals surface area contributed by atoms with E-state index in [4.69, 9.17) is 5.73 Å². The number of aryl methyl sites for hydroxylation is 2. The Morgan fingerprint density at radius 2 is 1.95 bits per heavy atom. The lowest BCUT2D eigenvalue weighted by Gasteiger charge is -2.36. The van der Waals surface area contributed by atoms with Crippen molar-refractivity contribution in [3.8, 4) is 0 Å². The first-order valence-corrected chi connectivity index (χ1v) is 6.98. The zero-order chi connectivity index (χ0) is 14.2. The molecule has 0 radical (unpaired) electrons. The maximum atomic E-state index is 12.6. The zero-order valence-corrected chi connectivity index (χ0v) is 12.4. The summed E-state index contributed by atoms with van der Waals surface area (Å²) in [4.78, 5) is 14.5. The van der Waals surface area contributed by atoms with Gasteiger partial charge in [-0.2, -0.15) is 5.10 Å². The largest absolute Gasteiger partial charge is 0.395 e. The van der Waals surface area contributed by atoms with Crippen LogP contribution in [-0.4, -0.2) is 33.7 Å². The Kier molecular flexibility index (Phi) is 3.56. The Hall–Kier alpha value is -1.52. The molecule has 0 unspecified atom stereocenters. The molecule has 19 heavy (non-hydrogen) atoms. The summed E-state index contributed by atoms with van der Waals surface area (Å²) in [6, 6.07) is 0. The molecule has 2 rings (SSSR count). The van der Waals surface area contributed by atoms with E-state index in [1.54, 1.807) is 4.68 Å². The van der Waals surface area contributed by atoms with E-state index in [-0.39, 0.29) is 5.91 Å². The molecule has 1 aromatic heterocycles. The monoisotopic (exact) mass is 264 g/mol. The van der Waals surface area contributed by atoms with Crippen LogP contribution in [0.5, 0.6) is 0 Å². The third-order valence-corrected chi connectivity index (χ3v) is 4.08. The van der Waals surface area contributed by atoms with E-state index in [1.807, 2.05) is 18.7 Å². The number of amides is 1. The van der Waals surface area contributed by atoms with Crippen LogP contribution in [0.3, 0.4) is 0 Å². The quantitative estimate of drug-likeness (QED) is 0.889. The maximum Gasteiger partial charge on any atom is 0.274 e. The van der Waals surface area contributed by atoms with Crippen molar-refractivity contribution in [3.05, 3.63) is 11.4 Å². The number of anilines is 1. The Morgan fingerprint density at radius 1 is 1.37 bits per heavy atom. The fourth-order valence-corrected chi connectivity index (χ4v) is 2.51. The van der Waals surface area contributed by atoms with Crippen molar-refractivity contribution in [2.45, 2.75) is 47.1 Å². The number of hydrogen-bond donors (Lipinski definition) is 1. The van der Waals surface area contributed by atoms with Gasteiger partial charge in [0.25, 0.3) is 5.91 Å². The molecular weight excluding hydrogens is 240 g/mol. The summed E-state index contributed by atoms with van der Waals surface area (Å²) < 4.78 is 1.72. The minimum absolute atomic E-state index is 0.0236. The Labute approximate surface area is 114 Å². The molecule has 1 fully saturated rings. The lowest BCUT2D eigenvalue weighted by Crippen LogP contribution is -2.42. The fourth-order valence-electron chi connectivity index (χ4n) is 2.51.